The van der Waals surface area contributed by atoms with Crippen LogP contribution in [0.4, 0.5) is 11.8 Å². The van der Waals surface area contributed by atoms with Crippen molar-refractivity contribution >= 4 is 23.8 Å². The van der Waals surface area contributed by atoms with Crippen LogP contribution in [-0.2, 0) is 4.79 Å². The van der Waals surface area contributed by atoms with Gasteiger partial charge in [-0.2, -0.15) is 4.98 Å². The molecule has 0 unspecified atom stereocenters. The van der Waals surface area contributed by atoms with Crippen LogP contribution in [0.3, 0.4) is 0 Å². The Morgan fingerprint density at radius 2 is 2.19 bits per heavy atom. The number of nitrogens with zero attached hydrogens (tertiary/aromatic N) is 4. The summed E-state index contributed by atoms with van der Waals surface area (Å²) in [5.41, 5.74) is 6.79. The normalized spacial score (nSPS) is 16.5. The van der Waals surface area contributed by atoms with E-state index in [-0.39, 0.29) is 6.47 Å². The lowest BCUT2D eigenvalue weighted by atomic mass is 10.2. The summed E-state index contributed by atoms with van der Waals surface area (Å²) in [5, 5.41) is 11.4. The smallest absolute Gasteiger partial charge is 0.290 e. The molecule has 1 aliphatic heterocycles. The lowest BCUT2D eigenvalue weighted by molar-refractivity contribution is -0.122. The first-order chi connectivity index (χ1) is 10.2. The number of terminal acetylenes is 1. The van der Waals surface area contributed by atoms with E-state index < -0.39 is 0 Å². The zero-order valence-electron chi connectivity index (χ0n) is 11.9. The highest BCUT2D eigenvalue weighted by Crippen LogP contribution is 2.23. The van der Waals surface area contributed by atoms with Crippen molar-refractivity contribution in [1.82, 2.24) is 14.6 Å². The average molecular weight is 289 g/mol. The van der Waals surface area contributed by atoms with Crippen molar-refractivity contribution in [3.63, 3.8) is 0 Å². The van der Waals surface area contributed by atoms with E-state index in [9.17, 15) is 0 Å². The van der Waals surface area contributed by atoms with Gasteiger partial charge in [-0.1, -0.05) is 0 Å². The number of carbonyl (C=O) groups is 1. The number of hydrogen-bond donors (Lipinski definition) is 2. The molecule has 2 aromatic heterocycles. The molecule has 0 radical (unpaired) electrons. The Morgan fingerprint density at radius 1 is 1.52 bits per heavy atom. The lowest BCUT2D eigenvalue weighted by Crippen LogP contribution is -2.29. The summed E-state index contributed by atoms with van der Waals surface area (Å²) in [5.74, 6) is 1.29. The average Bonchev–Trinajstić information content (AvgIpc) is 3.10. The van der Waals surface area contributed by atoms with Crippen LogP contribution in [-0.4, -0.2) is 38.8 Å². The first-order valence-electron chi connectivity index (χ1n) is 6.46. The fourth-order valence-corrected chi connectivity index (χ4v) is 2.30. The van der Waals surface area contributed by atoms with Crippen LogP contribution in [0.1, 0.15) is 19.8 Å². The van der Waals surface area contributed by atoms with Gasteiger partial charge in [0, 0.05) is 18.8 Å². The van der Waals surface area contributed by atoms with Gasteiger partial charge in [0.1, 0.15) is 5.52 Å². The maximum absolute atomic E-state index is 8.36. The van der Waals surface area contributed by atoms with Crippen molar-refractivity contribution in [3.8, 4) is 12.8 Å². The van der Waals surface area contributed by atoms with Crippen LogP contribution in [0.5, 0.6) is 0 Å². The molecule has 0 saturated carbocycles. The van der Waals surface area contributed by atoms with Gasteiger partial charge in [0.25, 0.3) is 6.47 Å². The number of rotatable bonds is 1. The molecule has 0 bridgehead atoms. The molecule has 0 spiro atoms. The minimum atomic E-state index is -0.250. The molecule has 0 aromatic carbocycles. The monoisotopic (exact) mass is 289 g/mol. The van der Waals surface area contributed by atoms with E-state index in [1.54, 1.807) is 4.52 Å². The molecular formula is C14H19N5O2. The van der Waals surface area contributed by atoms with Gasteiger partial charge in [0.15, 0.2) is 5.82 Å². The number of nitrogen functional groups attached to an aromatic ring is 1. The molecule has 1 aliphatic rings. The van der Waals surface area contributed by atoms with Gasteiger partial charge in [-0.25, -0.2) is 4.52 Å². The van der Waals surface area contributed by atoms with E-state index in [1.165, 1.54) is 12.8 Å². The van der Waals surface area contributed by atoms with Gasteiger partial charge in [0.05, 0.1) is 0 Å². The van der Waals surface area contributed by atoms with Gasteiger partial charge < -0.3 is 15.7 Å². The summed E-state index contributed by atoms with van der Waals surface area (Å²) in [6.07, 6.45) is 12.3. The molecule has 7 heteroatoms. The second-order valence-electron chi connectivity index (χ2n) is 4.43. The third kappa shape index (κ3) is 3.63. The first kappa shape index (κ1) is 16.3. The summed E-state index contributed by atoms with van der Waals surface area (Å²) in [6.45, 7) is 2.97. The van der Waals surface area contributed by atoms with Gasteiger partial charge in [-0.05, 0) is 31.9 Å². The Kier molecular flexibility index (Phi) is 6.01. The number of anilines is 2. The third-order valence-electron chi connectivity index (χ3n) is 3.22. The number of hydrogen-bond acceptors (Lipinski definition) is 5. The fourth-order valence-electron chi connectivity index (χ4n) is 2.30. The zero-order valence-corrected chi connectivity index (χ0v) is 11.9. The molecular weight excluding hydrogens is 270 g/mol. The van der Waals surface area contributed by atoms with Crippen molar-refractivity contribution in [2.45, 2.75) is 25.8 Å². The second-order valence-corrected chi connectivity index (χ2v) is 4.43. The predicted molar refractivity (Wildman–Crippen MR) is 82.0 cm³/mol. The fraction of sp³-hybridized carbons (Fsp3) is 0.357. The number of carboxylic acid groups (broad SMARTS) is 1. The van der Waals surface area contributed by atoms with Crippen molar-refractivity contribution in [3.05, 3.63) is 18.3 Å². The molecule has 3 rings (SSSR count). The summed E-state index contributed by atoms with van der Waals surface area (Å²) < 4.78 is 1.79. The standard InChI is InChI=1S/C11H15N5.C2H2.CH2O2/c1-8-4-2-6-15(8)11-13-10(12)9-5-3-7-16(9)14-11;1-2;2-1-3/h3,5,7-8H,2,4,6H2,1H3,(H2,12,13,14);1-2H;1H,(H,2,3)/t8-;;/m0../s1. The minimum absolute atomic E-state index is 0.250. The molecule has 3 N–H and O–H groups in total. The Balaban J connectivity index is 0.000000395. The highest BCUT2D eigenvalue weighted by Gasteiger charge is 2.23. The van der Waals surface area contributed by atoms with E-state index in [2.05, 4.69) is 34.8 Å². The first-order valence-corrected chi connectivity index (χ1v) is 6.46. The summed E-state index contributed by atoms with van der Waals surface area (Å²) >= 11 is 0. The van der Waals surface area contributed by atoms with Crippen LogP contribution in [0.25, 0.3) is 5.52 Å². The van der Waals surface area contributed by atoms with E-state index in [0.717, 1.165) is 18.0 Å². The molecule has 0 aliphatic carbocycles. The minimum Gasteiger partial charge on any atom is -0.483 e. The van der Waals surface area contributed by atoms with Crippen molar-refractivity contribution < 1.29 is 9.90 Å². The number of nitrogens with two attached hydrogens (primary N) is 1. The van der Waals surface area contributed by atoms with Gasteiger partial charge in [-0.15, -0.1) is 17.9 Å². The van der Waals surface area contributed by atoms with Crippen LogP contribution < -0.4 is 10.6 Å². The van der Waals surface area contributed by atoms with Gasteiger partial charge in [-0.3, -0.25) is 4.79 Å². The molecule has 112 valence electrons. The Labute approximate surface area is 123 Å². The van der Waals surface area contributed by atoms with Crippen LogP contribution in [0, 0.1) is 12.8 Å². The molecule has 2 aromatic rings. The molecule has 1 fully saturated rings. The topological polar surface area (TPSA) is 96.8 Å². The maximum Gasteiger partial charge on any atom is 0.290 e. The second kappa shape index (κ2) is 7.75. The maximum atomic E-state index is 8.36. The molecule has 0 amide bonds. The highest BCUT2D eigenvalue weighted by atomic mass is 16.3. The van der Waals surface area contributed by atoms with Gasteiger partial charge in [0.2, 0.25) is 5.95 Å². The molecule has 1 atom stereocenters. The Bertz CT molecular complexity index is 608. The zero-order chi connectivity index (χ0) is 15.8. The quantitative estimate of drug-likeness (QED) is 0.606. The van der Waals surface area contributed by atoms with E-state index in [1.807, 2.05) is 18.3 Å². The lowest BCUT2D eigenvalue weighted by Gasteiger charge is -2.21. The molecule has 21 heavy (non-hydrogen) atoms. The van der Waals surface area contributed by atoms with Gasteiger partial charge >= 0.3 is 0 Å². The van der Waals surface area contributed by atoms with Crippen LogP contribution >= 0.6 is 0 Å². The Hall–Kier alpha value is -2.75. The van der Waals surface area contributed by atoms with E-state index >= 15 is 0 Å². The van der Waals surface area contributed by atoms with E-state index in [4.69, 9.17) is 15.6 Å². The SMILES string of the molecule is C#C.C[C@H]1CCCN1c1nc(N)c2cccn2n1.O=CO. The number of aromatic nitrogens is 3. The van der Waals surface area contributed by atoms with Crippen molar-refractivity contribution in [2.75, 3.05) is 17.2 Å². The summed E-state index contributed by atoms with van der Waals surface area (Å²) in [4.78, 5) is 15.0. The molecule has 1 saturated heterocycles. The largest absolute Gasteiger partial charge is 0.483 e. The highest BCUT2D eigenvalue weighted by molar-refractivity contribution is 5.66. The van der Waals surface area contributed by atoms with Crippen molar-refractivity contribution in [1.29, 1.82) is 0 Å². The molecule has 7 nitrogen and oxygen atoms in total. The van der Waals surface area contributed by atoms with Crippen molar-refractivity contribution in [2.24, 2.45) is 0 Å². The van der Waals surface area contributed by atoms with E-state index in [0.29, 0.717) is 11.9 Å². The van der Waals surface area contributed by atoms with Crippen LogP contribution in [0.2, 0.25) is 0 Å². The third-order valence-corrected chi connectivity index (χ3v) is 3.22. The molecule has 3 heterocycles. The number of fused-ring (bicyclic) bond motifs is 1. The Morgan fingerprint density at radius 3 is 2.76 bits per heavy atom. The predicted octanol–water partition coefficient (Wildman–Crippen LogP) is 1.25. The summed E-state index contributed by atoms with van der Waals surface area (Å²) in [6, 6.07) is 4.36. The summed E-state index contributed by atoms with van der Waals surface area (Å²) in [7, 11) is 0. The van der Waals surface area contributed by atoms with Crippen LogP contribution in [0.15, 0.2) is 18.3 Å².